The highest BCUT2D eigenvalue weighted by Gasteiger charge is 2.33. The van der Waals surface area contributed by atoms with Crippen molar-refractivity contribution < 1.29 is 4.42 Å². The van der Waals surface area contributed by atoms with Gasteiger partial charge in [-0.15, -0.1) is 11.3 Å². The highest BCUT2D eigenvalue weighted by atomic mass is 32.1. The average Bonchev–Trinajstić information content (AvgIpc) is 3.90. The Morgan fingerprint density at radius 3 is 2.06 bits per heavy atom. The number of nitrogens with one attached hydrogen (secondary N) is 1. The molecule has 3 aromatic heterocycles. The summed E-state index contributed by atoms with van der Waals surface area (Å²) >= 11 is 1.88. The maximum atomic E-state index is 6.70. The summed E-state index contributed by atoms with van der Waals surface area (Å²) in [5, 5.41) is 14.7. The number of benzene rings is 8. The van der Waals surface area contributed by atoms with Gasteiger partial charge < -0.3 is 4.42 Å². The molecule has 0 aliphatic carbocycles. The van der Waals surface area contributed by atoms with Crippen LogP contribution in [0.25, 0.3) is 85.6 Å². The third-order valence-corrected chi connectivity index (χ3v) is 12.3. The summed E-state index contributed by atoms with van der Waals surface area (Å²) in [5.41, 5.74) is 7.69. The lowest BCUT2D eigenvalue weighted by molar-refractivity contribution is 0.623. The number of aliphatic imine (C=N–C) groups is 1. The van der Waals surface area contributed by atoms with Gasteiger partial charge in [0.05, 0.1) is 16.6 Å². The standard InChI is InChI=1S/C48H29N3OS/c1-2-14-28(15-3-1)29-26-27-32(31-17-5-4-16-30(29)31)44-43-36-21-9-12-24-39(36)52-47(43)50-48(49-44)51-38-23-11-8-20-35(38)41-42-37-22-10-13-25-40(37)53-46(42)34-19-7-6-18-33(34)45(41)51/h1-27,44H,(H,49,50). The van der Waals surface area contributed by atoms with E-state index in [1.165, 1.54) is 63.6 Å². The van der Waals surface area contributed by atoms with Crippen LogP contribution >= 0.6 is 11.3 Å². The molecule has 0 fully saturated rings. The van der Waals surface area contributed by atoms with Crippen molar-refractivity contribution in [2.45, 2.75) is 6.04 Å². The molecule has 4 nitrogen and oxygen atoms in total. The van der Waals surface area contributed by atoms with Gasteiger partial charge in [-0.05, 0) is 45.7 Å². The fourth-order valence-electron chi connectivity index (χ4n) is 8.86. The molecule has 1 atom stereocenters. The van der Waals surface area contributed by atoms with Gasteiger partial charge in [0.1, 0.15) is 11.6 Å². The number of thiophene rings is 1. The van der Waals surface area contributed by atoms with Gasteiger partial charge in [0, 0.05) is 47.1 Å². The molecule has 1 N–H and O–H groups in total. The van der Waals surface area contributed by atoms with Gasteiger partial charge in [-0.3, -0.25) is 9.88 Å². The van der Waals surface area contributed by atoms with E-state index < -0.39 is 0 Å². The first kappa shape index (κ1) is 28.9. The Bertz CT molecular complexity index is 3330. The molecule has 248 valence electrons. The molecule has 1 unspecified atom stereocenters. The molecule has 4 heterocycles. The fourth-order valence-corrected chi connectivity index (χ4v) is 10.1. The number of hydrogen-bond acceptors (Lipinski definition) is 4. The Morgan fingerprint density at radius 2 is 1.21 bits per heavy atom. The van der Waals surface area contributed by atoms with Crippen LogP contribution < -0.4 is 5.32 Å². The zero-order valence-electron chi connectivity index (χ0n) is 28.4. The predicted molar refractivity (Wildman–Crippen MR) is 224 cm³/mol. The largest absolute Gasteiger partial charge is 0.440 e. The highest BCUT2D eigenvalue weighted by molar-refractivity contribution is 7.27. The van der Waals surface area contributed by atoms with Crippen molar-refractivity contribution in [3.05, 3.63) is 175 Å². The second kappa shape index (κ2) is 10.9. The Hall–Kier alpha value is -6.69. The average molecular weight is 696 g/mol. The van der Waals surface area contributed by atoms with Gasteiger partial charge in [-0.1, -0.05) is 146 Å². The van der Waals surface area contributed by atoms with Gasteiger partial charge in [0.15, 0.2) is 0 Å². The Balaban J connectivity index is 1.21. The minimum Gasteiger partial charge on any atom is -0.440 e. The van der Waals surface area contributed by atoms with Crippen molar-refractivity contribution in [2.75, 3.05) is 5.32 Å². The van der Waals surface area contributed by atoms with E-state index in [0.29, 0.717) is 0 Å². The van der Waals surface area contributed by atoms with E-state index in [9.17, 15) is 0 Å². The Labute approximate surface area is 307 Å². The molecule has 0 saturated heterocycles. The van der Waals surface area contributed by atoms with Gasteiger partial charge in [0.25, 0.3) is 0 Å². The number of hydrogen-bond donors (Lipinski definition) is 1. The third-order valence-electron chi connectivity index (χ3n) is 11.1. The summed E-state index contributed by atoms with van der Waals surface area (Å²) in [4.78, 5) is 5.76. The number of nitrogens with zero attached hydrogens (tertiary/aromatic N) is 2. The molecule has 0 radical (unpaired) electrons. The van der Waals surface area contributed by atoms with E-state index in [1.807, 2.05) is 17.4 Å². The maximum absolute atomic E-state index is 6.70. The summed E-state index contributed by atoms with van der Waals surface area (Å²) in [6.45, 7) is 0. The molecule has 8 aromatic carbocycles. The van der Waals surface area contributed by atoms with Crippen molar-refractivity contribution in [3.8, 4) is 11.1 Å². The molecule has 0 saturated carbocycles. The number of anilines is 1. The van der Waals surface area contributed by atoms with Crippen LogP contribution in [0.15, 0.2) is 173 Å². The first-order valence-corrected chi connectivity index (χ1v) is 18.8. The van der Waals surface area contributed by atoms with Gasteiger partial charge in [-0.25, -0.2) is 4.99 Å². The maximum Gasteiger partial charge on any atom is 0.211 e. The Morgan fingerprint density at radius 1 is 0.547 bits per heavy atom. The summed E-state index contributed by atoms with van der Waals surface area (Å²) < 4.78 is 11.7. The second-order valence-corrected chi connectivity index (χ2v) is 14.9. The van der Waals surface area contributed by atoms with E-state index >= 15 is 0 Å². The topological polar surface area (TPSA) is 42.5 Å². The van der Waals surface area contributed by atoms with E-state index in [1.54, 1.807) is 0 Å². The van der Waals surface area contributed by atoms with Crippen LogP contribution in [-0.2, 0) is 0 Å². The van der Waals surface area contributed by atoms with Crippen LogP contribution in [-0.4, -0.2) is 10.5 Å². The quantitative estimate of drug-likeness (QED) is 0.196. The SMILES string of the molecule is c1ccc(-c2ccc(C3N=C(n4c5ccccc5c5c6c7ccccc7sc6c6ccccc6c54)Nc4oc5ccccc5c43)c3ccccc23)cc1. The predicted octanol–water partition coefficient (Wildman–Crippen LogP) is 13.3. The molecule has 11 aromatic rings. The lowest BCUT2D eigenvalue weighted by atomic mass is 9.89. The smallest absolute Gasteiger partial charge is 0.211 e. The second-order valence-electron chi connectivity index (χ2n) is 13.9. The number of para-hydroxylation sites is 2. The normalized spacial score (nSPS) is 14.5. The monoisotopic (exact) mass is 695 g/mol. The van der Waals surface area contributed by atoms with Crippen LogP contribution in [0.2, 0.25) is 0 Å². The summed E-state index contributed by atoms with van der Waals surface area (Å²) in [5.74, 6) is 1.47. The van der Waals surface area contributed by atoms with E-state index in [0.717, 1.165) is 45.0 Å². The first-order valence-electron chi connectivity index (χ1n) is 18.0. The van der Waals surface area contributed by atoms with Crippen molar-refractivity contribution in [1.82, 2.24) is 4.57 Å². The van der Waals surface area contributed by atoms with Crippen molar-refractivity contribution in [2.24, 2.45) is 4.99 Å². The summed E-state index contributed by atoms with van der Waals surface area (Å²) in [6.07, 6.45) is 0. The molecular formula is C48H29N3OS. The van der Waals surface area contributed by atoms with Crippen LogP contribution in [0.4, 0.5) is 5.88 Å². The van der Waals surface area contributed by atoms with Gasteiger partial charge in [-0.2, -0.15) is 0 Å². The molecule has 0 spiro atoms. The van der Waals surface area contributed by atoms with E-state index in [-0.39, 0.29) is 6.04 Å². The third kappa shape index (κ3) is 4.03. The molecule has 0 amide bonds. The lowest BCUT2D eigenvalue weighted by Gasteiger charge is -2.25. The van der Waals surface area contributed by atoms with Crippen LogP contribution in [0.3, 0.4) is 0 Å². The zero-order chi connectivity index (χ0) is 34.6. The molecular weight excluding hydrogens is 667 g/mol. The van der Waals surface area contributed by atoms with Crippen LogP contribution in [0, 0.1) is 0 Å². The molecule has 53 heavy (non-hydrogen) atoms. The number of rotatable bonds is 2. The molecule has 5 heteroatoms. The van der Waals surface area contributed by atoms with Gasteiger partial charge >= 0.3 is 0 Å². The van der Waals surface area contributed by atoms with Crippen LogP contribution in [0.5, 0.6) is 0 Å². The summed E-state index contributed by atoms with van der Waals surface area (Å²) in [6, 6.07) is 58.3. The number of furan rings is 1. The molecule has 1 aliphatic heterocycles. The highest BCUT2D eigenvalue weighted by Crippen LogP contribution is 2.49. The fraction of sp³-hybridized carbons (Fsp3) is 0.0208. The van der Waals surface area contributed by atoms with Crippen molar-refractivity contribution in [3.63, 3.8) is 0 Å². The minimum absolute atomic E-state index is 0.326. The van der Waals surface area contributed by atoms with Crippen LogP contribution in [0.1, 0.15) is 17.2 Å². The van der Waals surface area contributed by atoms with Crippen molar-refractivity contribution >= 4 is 97.7 Å². The minimum atomic E-state index is -0.326. The van der Waals surface area contributed by atoms with Crippen molar-refractivity contribution in [1.29, 1.82) is 0 Å². The molecule has 12 rings (SSSR count). The summed E-state index contributed by atoms with van der Waals surface area (Å²) in [7, 11) is 0. The number of aromatic nitrogens is 1. The zero-order valence-corrected chi connectivity index (χ0v) is 29.2. The lowest BCUT2D eigenvalue weighted by Crippen LogP contribution is -2.27. The Kier molecular flexibility index (Phi) is 5.96. The molecule has 1 aliphatic rings. The first-order chi connectivity index (χ1) is 26.3. The van der Waals surface area contributed by atoms with Gasteiger partial charge in [0.2, 0.25) is 11.8 Å². The van der Waals surface area contributed by atoms with E-state index in [2.05, 4.69) is 168 Å². The molecule has 0 bridgehead atoms. The van der Waals surface area contributed by atoms with E-state index in [4.69, 9.17) is 9.41 Å². The number of fused-ring (bicyclic) bond motifs is 14.